The van der Waals surface area contributed by atoms with Crippen molar-refractivity contribution in [2.75, 3.05) is 47.5 Å². The van der Waals surface area contributed by atoms with Crippen molar-refractivity contribution in [2.24, 2.45) is 0 Å². The van der Waals surface area contributed by atoms with Crippen LogP contribution in [0.4, 0.5) is 0 Å². The molecule has 0 unspecified atom stereocenters. The molecule has 0 radical (unpaired) electrons. The Morgan fingerprint density at radius 1 is 0.800 bits per heavy atom. The van der Waals surface area contributed by atoms with Crippen molar-refractivity contribution in [3.8, 4) is 17.2 Å². The Hall–Kier alpha value is -3.79. The summed E-state index contributed by atoms with van der Waals surface area (Å²) < 4.78 is 43.6. The summed E-state index contributed by atoms with van der Waals surface area (Å²) in [5.74, 6) is 1.72. The molecule has 0 saturated carbocycles. The van der Waals surface area contributed by atoms with Crippen molar-refractivity contribution in [3.63, 3.8) is 0 Å². The Labute approximate surface area is 240 Å². The highest BCUT2D eigenvalue weighted by Crippen LogP contribution is 2.31. The standard InChI is InChI=1S/C30H31ClN2O6S/c1-37-25-10-5-22(6-11-25)4-7-23-20-26(38-2)21-29(39-3)28(23)14-15-30(34)32-16-18-33(19-17-32)40(35,36)27-12-8-24(31)9-13-27/h4-15,20-21H,16-19H2,1-3H3/b7-4+,15-14+. The first-order valence-electron chi connectivity index (χ1n) is 12.6. The fourth-order valence-corrected chi connectivity index (χ4v) is 5.84. The second-order valence-corrected chi connectivity index (χ2v) is 11.3. The van der Waals surface area contributed by atoms with E-state index in [0.717, 1.165) is 16.9 Å². The third-order valence-electron chi connectivity index (χ3n) is 6.57. The zero-order valence-corrected chi connectivity index (χ0v) is 24.1. The van der Waals surface area contributed by atoms with Gasteiger partial charge in [0, 0.05) is 48.9 Å². The first-order chi connectivity index (χ1) is 19.2. The number of carbonyl (C=O) groups excluding carboxylic acids is 1. The molecule has 210 valence electrons. The van der Waals surface area contributed by atoms with E-state index in [1.807, 2.05) is 42.5 Å². The Morgan fingerprint density at radius 3 is 2.05 bits per heavy atom. The van der Waals surface area contributed by atoms with Gasteiger partial charge in [-0.1, -0.05) is 35.9 Å². The number of methoxy groups -OCH3 is 3. The Kier molecular flexibility index (Phi) is 9.52. The van der Waals surface area contributed by atoms with Gasteiger partial charge in [-0.05, 0) is 59.7 Å². The van der Waals surface area contributed by atoms with Crippen LogP contribution in [-0.4, -0.2) is 71.0 Å². The molecule has 0 aromatic heterocycles. The van der Waals surface area contributed by atoms with Gasteiger partial charge in [0.05, 0.1) is 26.2 Å². The summed E-state index contributed by atoms with van der Waals surface area (Å²) in [5.41, 5.74) is 2.49. The van der Waals surface area contributed by atoms with Gasteiger partial charge < -0.3 is 19.1 Å². The predicted molar refractivity (Wildman–Crippen MR) is 157 cm³/mol. The van der Waals surface area contributed by atoms with Crippen LogP contribution in [0.15, 0.2) is 71.6 Å². The maximum Gasteiger partial charge on any atom is 0.246 e. The highest BCUT2D eigenvalue weighted by Gasteiger charge is 2.29. The summed E-state index contributed by atoms with van der Waals surface area (Å²) in [4.78, 5) is 14.9. The van der Waals surface area contributed by atoms with Crippen LogP contribution in [-0.2, 0) is 14.8 Å². The third kappa shape index (κ3) is 6.85. The van der Waals surface area contributed by atoms with E-state index in [1.54, 1.807) is 50.5 Å². The molecule has 1 aliphatic rings. The monoisotopic (exact) mass is 582 g/mol. The molecule has 0 bridgehead atoms. The second kappa shape index (κ2) is 13.0. The predicted octanol–water partition coefficient (Wildman–Crippen LogP) is 5.08. The van der Waals surface area contributed by atoms with E-state index in [0.29, 0.717) is 22.1 Å². The number of ether oxygens (including phenoxy) is 3. The Bertz CT molecular complexity index is 1490. The molecule has 8 nitrogen and oxygen atoms in total. The van der Waals surface area contributed by atoms with E-state index < -0.39 is 10.0 Å². The van der Waals surface area contributed by atoms with E-state index in [-0.39, 0.29) is 37.0 Å². The third-order valence-corrected chi connectivity index (χ3v) is 8.73. The number of hydrogen-bond acceptors (Lipinski definition) is 6. The van der Waals surface area contributed by atoms with Crippen LogP contribution in [0.2, 0.25) is 5.02 Å². The van der Waals surface area contributed by atoms with E-state index in [1.165, 1.54) is 22.5 Å². The fraction of sp³-hybridized carbons (Fsp3) is 0.233. The molecule has 1 heterocycles. The maximum absolute atomic E-state index is 13.1. The summed E-state index contributed by atoms with van der Waals surface area (Å²) in [7, 11) is 1.10. The van der Waals surface area contributed by atoms with Crippen molar-refractivity contribution in [3.05, 3.63) is 88.5 Å². The largest absolute Gasteiger partial charge is 0.497 e. The summed E-state index contributed by atoms with van der Waals surface area (Å²) in [6.45, 7) is 0.957. The molecule has 3 aromatic rings. The number of halogens is 1. The molecule has 0 atom stereocenters. The summed E-state index contributed by atoms with van der Waals surface area (Å²) in [5, 5.41) is 0.467. The molecule has 4 rings (SSSR count). The average molecular weight is 583 g/mol. The normalized spacial score (nSPS) is 14.6. The van der Waals surface area contributed by atoms with E-state index in [9.17, 15) is 13.2 Å². The summed E-state index contributed by atoms with van der Waals surface area (Å²) in [6.07, 6.45) is 7.08. The summed E-state index contributed by atoms with van der Waals surface area (Å²) >= 11 is 5.89. The molecule has 10 heteroatoms. The smallest absolute Gasteiger partial charge is 0.246 e. The van der Waals surface area contributed by atoms with Crippen molar-refractivity contribution < 1.29 is 27.4 Å². The molecule has 3 aromatic carbocycles. The van der Waals surface area contributed by atoms with Crippen LogP contribution < -0.4 is 14.2 Å². The van der Waals surface area contributed by atoms with Crippen molar-refractivity contribution in [1.82, 2.24) is 9.21 Å². The van der Waals surface area contributed by atoms with Gasteiger partial charge in [0.25, 0.3) is 0 Å². The number of nitrogens with zero attached hydrogens (tertiary/aromatic N) is 2. The molecule has 1 aliphatic heterocycles. The maximum atomic E-state index is 13.1. The van der Waals surface area contributed by atoms with Gasteiger partial charge >= 0.3 is 0 Å². The van der Waals surface area contributed by atoms with Crippen molar-refractivity contribution >= 4 is 45.8 Å². The molecule has 40 heavy (non-hydrogen) atoms. The zero-order valence-electron chi connectivity index (χ0n) is 22.5. The average Bonchev–Trinajstić information content (AvgIpc) is 2.99. The number of carbonyl (C=O) groups is 1. The van der Waals surface area contributed by atoms with E-state index in [4.69, 9.17) is 25.8 Å². The number of hydrogen-bond donors (Lipinski definition) is 0. The molecular formula is C30H31ClN2O6S. The van der Waals surface area contributed by atoms with Gasteiger partial charge in [-0.25, -0.2) is 8.42 Å². The van der Waals surface area contributed by atoms with Gasteiger partial charge in [0.15, 0.2) is 0 Å². The van der Waals surface area contributed by atoms with Crippen LogP contribution in [0.25, 0.3) is 18.2 Å². The molecule has 1 fully saturated rings. The first-order valence-corrected chi connectivity index (χ1v) is 14.4. The minimum atomic E-state index is -3.66. The number of sulfonamides is 1. The van der Waals surface area contributed by atoms with Crippen LogP contribution in [0, 0.1) is 0 Å². The molecule has 0 N–H and O–H groups in total. The minimum absolute atomic E-state index is 0.179. The van der Waals surface area contributed by atoms with Crippen LogP contribution in [0.5, 0.6) is 17.2 Å². The summed E-state index contributed by atoms with van der Waals surface area (Å²) in [6, 6.07) is 17.3. The van der Waals surface area contributed by atoms with Gasteiger partial charge in [0.2, 0.25) is 15.9 Å². The van der Waals surface area contributed by atoms with Crippen LogP contribution in [0.3, 0.4) is 0 Å². The van der Waals surface area contributed by atoms with Gasteiger partial charge in [-0.2, -0.15) is 4.31 Å². The Balaban J connectivity index is 1.49. The molecule has 0 aliphatic carbocycles. The zero-order chi connectivity index (χ0) is 28.7. The Morgan fingerprint density at radius 2 is 1.45 bits per heavy atom. The fourth-order valence-electron chi connectivity index (χ4n) is 4.29. The number of benzene rings is 3. The lowest BCUT2D eigenvalue weighted by atomic mass is 10.0. The molecule has 1 saturated heterocycles. The first kappa shape index (κ1) is 29.2. The highest BCUT2D eigenvalue weighted by molar-refractivity contribution is 7.89. The molecular weight excluding hydrogens is 552 g/mol. The SMILES string of the molecule is COc1ccc(/C=C/c2cc(OC)cc(OC)c2/C=C/C(=O)N2CCN(S(=O)(=O)c3ccc(Cl)cc3)CC2)cc1. The second-order valence-electron chi connectivity index (χ2n) is 8.96. The minimum Gasteiger partial charge on any atom is -0.497 e. The van der Waals surface area contributed by atoms with Gasteiger partial charge in [-0.3, -0.25) is 4.79 Å². The van der Waals surface area contributed by atoms with Crippen LogP contribution >= 0.6 is 11.6 Å². The van der Waals surface area contributed by atoms with Crippen LogP contribution in [0.1, 0.15) is 16.7 Å². The van der Waals surface area contributed by atoms with Gasteiger partial charge in [-0.15, -0.1) is 0 Å². The number of piperazine rings is 1. The van der Waals surface area contributed by atoms with E-state index in [2.05, 4.69) is 0 Å². The lowest BCUT2D eigenvalue weighted by Crippen LogP contribution is -2.50. The topological polar surface area (TPSA) is 85.4 Å². The molecule has 1 amide bonds. The molecule has 0 spiro atoms. The lowest BCUT2D eigenvalue weighted by molar-refractivity contribution is -0.127. The highest BCUT2D eigenvalue weighted by atomic mass is 35.5. The van der Waals surface area contributed by atoms with E-state index >= 15 is 0 Å². The quantitative estimate of drug-likeness (QED) is 0.258. The van der Waals surface area contributed by atoms with Crippen molar-refractivity contribution in [2.45, 2.75) is 4.90 Å². The number of amides is 1. The number of rotatable bonds is 9. The lowest BCUT2D eigenvalue weighted by Gasteiger charge is -2.33. The van der Waals surface area contributed by atoms with Gasteiger partial charge in [0.1, 0.15) is 17.2 Å². The van der Waals surface area contributed by atoms with Crippen molar-refractivity contribution in [1.29, 1.82) is 0 Å².